The third-order valence-electron chi connectivity index (χ3n) is 8.84. The maximum absolute atomic E-state index is 13.5. The molecule has 1 N–H and O–H groups in total. The first-order valence-corrected chi connectivity index (χ1v) is 16.0. The first kappa shape index (κ1) is 31.3. The highest BCUT2D eigenvalue weighted by atomic mass is 32.2. The molecule has 2 aromatic heterocycles. The van der Waals surface area contributed by atoms with Crippen molar-refractivity contribution in [3.05, 3.63) is 41.9 Å². The third kappa shape index (κ3) is 6.26. The van der Waals surface area contributed by atoms with E-state index in [1.807, 2.05) is 4.90 Å². The summed E-state index contributed by atoms with van der Waals surface area (Å²) in [5.41, 5.74) is -1.66. The van der Waals surface area contributed by atoms with Crippen molar-refractivity contribution < 1.29 is 31.1 Å². The summed E-state index contributed by atoms with van der Waals surface area (Å²) < 4.78 is 75.3. The van der Waals surface area contributed by atoms with Crippen LogP contribution in [-0.4, -0.2) is 66.6 Å². The number of pyridine rings is 1. The SMILES string of the molecule is CCC1CN(c2nc(N3C=CC(OCC4(C(F)(F)F)CC4)CC3)ccc2C(=O)NS(=O)(=O)c2cn(C)nc2C)C(C)(C)C1. The van der Waals surface area contributed by atoms with Crippen LogP contribution >= 0.6 is 0 Å². The van der Waals surface area contributed by atoms with Crippen molar-refractivity contribution in [3.63, 3.8) is 0 Å². The molecule has 2 fully saturated rings. The molecular weight excluding hydrogens is 585 g/mol. The largest absolute Gasteiger partial charge is 0.396 e. The number of aryl methyl sites for hydroxylation is 2. The number of anilines is 2. The fourth-order valence-electron chi connectivity index (χ4n) is 5.98. The molecule has 236 valence electrons. The molecule has 0 bridgehead atoms. The summed E-state index contributed by atoms with van der Waals surface area (Å²) >= 11 is 0. The van der Waals surface area contributed by atoms with Crippen LogP contribution < -0.4 is 14.5 Å². The van der Waals surface area contributed by atoms with E-state index in [1.54, 1.807) is 38.4 Å². The average Bonchev–Trinajstić information content (AvgIpc) is 3.57. The highest BCUT2D eigenvalue weighted by Gasteiger charge is 2.63. The Kier molecular flexibility index (Phi) is 8.08. The molecule has 3 aliphatic rings. The number of sulfonamides is 1. The van der Waals surface area contributed by atoms with Crippen LogP contribution in [0.2, 0.25) is 0 Å². The lowest BCUT2D eigenvalue weighted by Crippen LogP contribution is -2.41. The fraction of sp³-hybridized carbons (Fsp3) is 0.621. The smallest absolute Gasteiger partial charge is 0.373 e. The van der Waals surface area contributed by atoms with Crippen molar-refractivity contribution in [2.24, 2.45) is 18.4 Å². The maximum Gasteiger partial charge on any atom is 0.396 e. The van der Waals surface area contributed by atoms with Crippen molar-refractivity contribution in [2.75, 3.05) is 29.5 Å². The normalized spacial score (nSPS) is 23.1. The lowest BCUT2D eigenvalue weighted by atomic mass is 9.95. The molecule has 4 heterocycles. The number of nitrogens with zero attached hydrogens (tertiary/aromatic N) is 5. The highest BCUT2D eigenvalue weighted by Crippen LogP contribution is 2.57. The van der Waals surface area contributed by atoms with E-state index in [2.05, 4.69) is 35.5 Å². The second-order valence-corrected chi connectivity index (χ2v) is 14.2. The van der Waals surface area contributed by atoms with Crippen molar-refractivity contribution in [1.82, 2.24) is 19.5 Å². The summed E-state index contributed by atoms with van der Waals surface area (Å²) in [6, 6.07) is 3.22. The second kappa shape index (κ2) is 11.1. The van der Waals surface area contributed by atoms with Gasteiger partial charge in [-0.25, -0.2) is 18.1 Å². The molecular formula is C29H39F3N6O4S. The van der Waals surface area contributed by atoms with E-state index in [4.69, 9.17) is 9.72 Å². The van der Waals surface area contributed by atoms with Gasteiger partial charge in [0.15, 0.2) is 0 Å². The molecule has 10 nitrogen and oxygen atoms in total. The second-order valence-electron chi connectivity index (χ2n) is 12.6. The number of carbonyl (C=O) groups excluding carboxylic acids is 1. The number of amides is 1. The van der Waals surface area contributed by atoms with Crippen molar-refractivity contribution >= 4 is 27.6 Å². The van der Waals surface area contributed by atoms with E-state index < -0.39 is 33.6 Å². The Bertz CT molecular complexity index is 1520. The zero-order valence-electron chi connectivity index (χ0n) is 25.1. The molecule has 1 amide bonds. The minimum absolute atomic E-state index is 0.0832. The van der Waals surface area contributed by atoms with Crippen LogP contribution in [0.5, 0.6) is 0 Å². The predicted octanol–water partition coefficient (Wildman–Crippen LogP) is 4.71. The zero-order valence-corrected chi connectivity index (χ0v) is 25.9. The minimum atomic E-state index is -4.26. The molecule has 43 heavy (non-hydrogen) atoms. The standard InChI is InChI=1S/C29H39F3N6O4S/c1-6-20-15-27(3,4)38(16-20)25-22(26(39)35-43(40,41)23-17-36(5)34-19(23)2)7-8-24(33-25)37-13-9-21(10-14-37)42-18-28(11-12-28)29(30,31)32/h7-9,13,17,20-21H,6,10-12,14-16,18H2,1-5H3,(H,35,39). The van der Waals surface area contributed by atoms with Crippen LogP contribution in [0.25, 0.3) is 0 Å². The van der Waals surface area contributed by atoms with E-state index in [-0.39, 0.29) is 41.1 Å². The first-order valence-electron chi connectivity index (χ1n) is 14.5. The van der Waals surface area contributed by atoms with Gasteiger partial charge in [0.05, 0.1) is 29.4 Å². The van der Waals surface area contributed by atoms with Crippen LogP contribution in [0.15, 0.2) is 35.5 Å². The number of halogens is 3. The summed E-state index contributed by atoms with van der Waals surface area (Å²) in [5.74, 6) is 0.491. The molecule has 2 aromatic rings. The number of rotatable bonds is 9. The number of hydrogen-bond acceptors (Lipinski definition) is 8. The van der Waals surface area contributed by atoms with E-state index in [0.717, 1.165) is 12.8 Å². The Hall–Kier alpha value is -3.13. The summed E-state index contributed by atoms with van der Waals surface area (Å²) in [4.78, 5) is 22.3. The number of carbonyl (C=O) groups is 1. The lowest BCUT2D eigenvalue weighted by molar-refractivity contribution is -0.204. The van der Waals surface area contributed by atoms with Crippen LogP contribution in [0, 0.1) is 18.3 Å². The van der Waals surface area contributed by atoms with Crippen LogP contribution in [0.3, 0.4) is 0 Å². The number of alkyl halides is 3. The number of hydrogen-bond donors (Lipinski definition) is 1. The lowest BCUT2D eigenvalue weighted by Gasteiger charge is -2.35. The number of aromatic nitrogens is 3. The maximum atomic E-state index is 13.5. The summed E-state index contributed by atoms with van der Waals surface area (Å²) in [7, 11) is -2.59. The summed E-state index contributed by atoms with van der Waals surface area (Å²) in [5, 5.41) is 4.08. The third-order valence-corrected chi connectivity index (χ3v) is 10.3. The van der Waals surface area contributed by atoms with Gasteiger partial charge in [-0.1, -0.05) is 13.3 Å². The van der Waals surface area contributed by atoms with Gasteiger partial charge in [0, 0.05) is 38.1 Å². The van der Waals surface area contributed by atoms with Gasteiger partial charge in [-0.2, -0.15) is 18.3 Å². The van der Waals surface area contributed by atoms with E-state index >= 15 is 0 Å². The van der Waals surface area contributed by atoms with Gasteiger partial charge in [0.25, 0.3) is 15.9 Å². The molecule has 1 aliphatic carbocycles. The van der Waals surface area contributed by atoms with Crippen LogP contribution in [-0.2, 0) is 21.8 Å². The van der Waals surface area contributed by atoms with Crippen molar-refractivity contribution in [3.8, 4) is 0 Å². The minimum Gasteiger partial charge on any atom is -0.373 e. The molecule has 2 atom stereocenters. The molecule has 5 rings (SSSR count). The van der Waals surface area contributed by atoms with E-state index in [1.165, 1.54) is 10.9 Å². The molecule has 14 heteroatoms. The van der Waals surface area contributed by atoms with E-state index in [0.29, 0.717) is 37.1 Å². The van der Waals surface area contributed by atoms with Crippen LogP contribution in [0.4, 0.5) is 24.8 Å². The Labute approximate surface area is 250 Å². The Morgan fingerprint density at radius 2 is 1.95 bits per heavy atom. The number of nitrogens with one attached hydrogen (secondary N) is 1. The number of ether oxygens (including phenoxy) is 1. The average molecular weight is 625 g/mol. The van der Waals surface area contributed by atoms with Crippen molar-refractivity contribution in [1.29, 1.82) is 0 Å². The highest BCUT2D eigenvalue weighted by molar-refractivity contribution is 7.90. The zero-order chi connectivity index (χ0) is 31.4. The fourth-order valence-corrected chi connectivity index (χ4v) is 7.17. The van der Waals surface area contributed by atoms with Gasteiger partial charge in [-0.05, 0) is 70.6 Å². The molecule has 0 spiro atoms. The molecule has 1 saturated carbocycles. The van der Waals surface area contributed by atoms with Gasteiger partial charge in [-0.3, -0.25) is 9.48 Å². The molecule has 1 saturated heterocycles. The molecule has 0 radical (unpaired) electrons. The van der Waals surface area contributed by atoms with Gasteiger partial charge in [-0.15, -0.1) is 0 Å². The quantitative estimate of drug-likeness (QED) is 0.428. The van der Waals surface area contributed by atoms with Gasteiger partial charge in [0.2, 0.25) is 0 Å². The van der Waals surface area contributed by atoms with E-state index in [9.17, 15) is 26.4 Å². The molecule has 2 aliphatic heterocycles. The van der Waals surface area contributed by atoms with Gasteiger partial charge < -0.3 is 14.5 Å². The predicted molar refractivity (Wildman–Crippen MR) is 155 cm³/mol. The Balaban J connectivity index is 1.40. The van der Waals surface area contributed by atoms with Crippen LogP contribution in [0.1, 0.15) is 68.9 Å². The Morgan fingerprint density at radius 3 is 2.49 bits per heavy atom. The van der Waals surface area contributed by atoms with Gasteiger partial charge >= 0.3 is 6.18 Å². The summed E-state index contributed by atoms with van der Waals surface area (Å²) in [6.07, 6.45) is 2.61. The molecule has 0 aromatic carbocycles. The first-order chi connectivity index (χ1) is 20.0. The topological polar surface area (TPSA) is 110 Å². The van der Waals surface area contributed by atoms with Gasteiger partial charge in [0.1, 0.15) is 16.5 Å². The molecule has 2 unspecified atom stereocenters. The summed E-state index contributed by atoms with van der Waals surface area (Å²) in [6.45, 7) is 8.58. The monoisotopic (exact) mass is 624 g/mol. The van der Waals surface area contributed by atoms with Crippen molar-refractivity contribution in [2.45, 2.75) is 82.5 Å². The Morgan fingerprint density at radius 1 is 1.23 bits per heavy atom.